The molecule has 2 N–H and O–H groups in total. The smallest absolute Gasteiger partial charge is 0.338 e. The second kappa shape index (κ2) is 17.6. The Morgan fingerprint density at radius 3 is 1.82 bits per heavy atom. The van der Waals surface area contributed by atoms with Crippen LogP contribution in [0.2, 0.25) is 0 Å². The molecule has 0 aromatic heterocycles. The zero-order valence-electron chi connectivity index (χ0n) is 27.9. The Kier molecular flexibility index (Phi) is 13.1. The van der Waals surface area contributed by atoms with Gasteiger partial charge in [0.05, 0.1) is 31.5 Å². The molecular formula is C37H42O13. The maximum Gasteiger partial charge on any atom is 0.338 e. The van der Waals surface area contributed by atoms with Crippen molar-refractivity contribution in [3.8, 4) is 0 Å². The van der Waals surface area contributed by atoms with E-state index in [2.05, 4.69) is 0 Å². The molecule has 0 radical (unpaired) electrons. The van der Waals surface area contributed by atoms with Crippen LogP contribution in [-0.2, 0) is 60.7 Å². The van der Waals surface area contributed by atoms with Gasteiger partial charge >= 0.3 is 17.9 Å². The lowest BCUT2D eigenvalue weighted by molar-refractivity contribution is -0.358. The Morgan fingerprint density at radius 2 is 1.22 bits per heavy atom. The van der Waals surface area contributed by atoms with Crippen LogP contribution >= 0.6 is 0 Å². The van der Waals surface area contributed by atoms with Crippen LogP contribution in [0.15, 0.2) is 91.0 Å². The number of carbonyl (C=O) groups is 3. The third-order valence-electron chi connectivity index (χ3n) is 8.19. The molecule has 2 heterocycles. The zero-order chi connectivity index (χ0) is 35.6. The summed E-state index contributed by atoms with van der Waals surface area (Å²) < 4.78 is 47.3. The van der Waals surface area contributed by atoms with E-state index in [1.54, 1.807) is 25.1 Å². The second-order valence-electron chi connectivity index (χ2n) is 12.0. The number of benzene rings is 3. The molecule has 0 amide bonds. The molecule has 10 atom stereocenters. The van der Waals surface area contributed by atoms with Crippen molar-refractivity contribution in [1.29, 1.82) is 0 Å². The van der Waals surface area contributed by atoms with Crippen LogP contribution in [0, 0.1) is 0 Å². The fraction of sp³-hybridized carbons (Fsp3) is 0.432. The highest BCUT2D eigenvalue weighted by Gasteiger charge is 2.54. The van der Waals surface area contributed by atoms with E-state index in [0.717, 1.165) is 11.1 Å². The molecule has 2 aliphatic rings. The van der Waals surface area contributed by atoms with Gasteiger partial charge in [0.25, 0.3) is 0 Å². The fourth-order valence-corrected chi connectivity index (χ4v) is 5.82. The lowest BCUT2D eigenvalue weighted by Gasteiger charge is -2.47. The quantitative estimate of drug-likeness (QED) is 0.198. The molecule has 0 bridgehead atoms. The molecule has 268 valence electrons. The molecular weight excluding hydrogens is 652 g/mol. The molecule has 0 unspecified atom stereocenters. The Hall–Kier alpha value is -4.21. The van der Waals surface area contributed by atoms with Gasteiger partial charge in [-0.15, -0.1) is 0 Å². The molecule has 2 aliphatic heterocycles. The van der Waals surface area contributed by atoms with Crippen molar-refractivity contribution in [3.63, 3.8) is 0 Å². The summed E-state index contributed by atoms with van der Waals surface area (Å²) in [6, 6.07) is 26.6. The van der Waals surface area contributed by atoms with Crippen molar-refractivity contribution in [2.75, 3.05) is 6.61 Å². The maximum atomic E-state index is 13.2. The molecule has 0 aliphatic carbocycles. The van der Waals surface area contributed by atoms with E-state index in [1.807, 2.05) is 60.7 Å². The Bertz CT molecular complexity index is 1520. The highest BCUT2D eigenvalue weighted by atomic mass is 16.7. The van der Waals surface area contributed by atoms with Crippen molar-refractivity contribution < 1.29 is 62.5 Å². The van der Waals surface area contributed by atoms with Gasteiger partial charge in [-0.2, -0.15) is 0 Å². The molecule has 13 heteroatoms. The molecule has 13 nitrogen and oxygen atoms in total. The number of aliphatic hydroxyl groups is 2. The largest absolute Gasteiger partial charge is 0.456 e. The van der Waals surface area contributed by atoms with Crippen molar-refractivity contribution in [2.24, 2.45) is 0 Å². The Morgan fingerprint density at radius 1 is 0.660 bits per heavy atom. The number of hydrogen-bond acceptors (Lipinski definition) is 13. The Labute approximate surface area is 289 Å². The molecule has 0 saturated carbocycles. The lowest BCUT2D eigenvalue weighted by Crippen LogP contribution is -2.65. The molecule has 50 heavy (non-hydrogen) atoms. The monoisotopic (exact) mass is 694 g/mol. The number of rotatable bonds is 13. The van der Waals surface area contributed by atoms with E-state index in [1.165, 1.54) is 26.0 Å². The van der Waals surface area contributed by atoms with Gasteiger partial charge in [0.15, 0.2) is 30.9 Å². The van der Waals surface area contributed by atoms with E-state index in [9.17, 15) is 24.6 Å². The minimum absolute atomic E-state index is 0.00892. The molecule has 0 spiro atoms. The second-order valence-corrected chi connectivity index (χ2v) is 12.0. The van der Waals surface area contributed by atoms with Crippen LogP contribution in [0.25, 0.3) is 0 Å². The van der Waals surface area contributed by atoms with Crippen LogP contribution in [0.5, 0.6) is 0 Å². The molecule has 3 aromatic carbocycles. The van der Waals surface area contributed by atoms with E-state index >= 15 is 0 Å². The van der Waals surface area contributed by atoms with Crippen molar-refractivity contribution in [2.45, 2.75) is 95.4 Å². The number of ether oxygens (including phenoxy) is 8. The first-order valence-corrected chi connectivity index (χ1v) is 16.3. The van der Waals surface area contributed by atoms with Gasteiger partial charge in [-0.25, -0.2) is 4.79 Å². The van der Waals surface area contributed by atoms with E-state index < -0.39 is 79.3 Å². The fourth-order valence-electron chi connectivity index (χ4n) is 5.82. The molecule has 3 aromatic rings. The van der Waals surface area contributed by atoms with Crippen LogP contribution < -0.4 is 0 Å². The zero-order valence-corrected chi connectivity index (χ0v) is 27.9. The first-order chi connectivity index (χ1) is 24.1. The predicted molar refractivity (Wildman–Crippen MR) is 174 cm³/mol. The molecule has 5 rings (SSSR count). The minimum atomic E-state index is -1.76. The van der Waals surface area contributed by atoms with Gasteiger partial charge in [-0.3, -0.25) is 9.59 Å². The van der Waals surface area contributed by atoms with Crippen molar-refractivity contribution >= 4 is 17.9 Å². The summed E-state index contributed by atoms with van der Waals surface area (Å²) in [5.74, 6) is -2.13. The average molecular weight is 695 g/mol. The van der Waals surface area contributed by atoms with Crippen LogP contribution in [-0.4, -0.2) is 96.1 Å². The number of aliphatic hydroxyl groups excluding tert-OH is 2. The summed E-state index contributed by atoms with van der Waals surface area (Å²) in [6.45, 7) is 4.05. The SMILES string of the molecule is CC(=O)O[C@H]1[C@H](OCc2ccccc2)[C@H](O[C@H]2[C@H](O)[C@@H](COCc3ccccc3)O[C@H](O)[C@@H]2OC(=O)c2ccccc2)O[C@@H](C)[C@H]1OC(C)=O. The topological polar surface area (TPSA) is 166 Å². The standard InChI is InChI=1S/C37H42O13/c1-22-30(46-23(2)38)32(47-24(3)39)34(44-20-26-15-9-5-10-16-26)37(45-22)50-31-29(40)28(21-43-19-25-13-7-4-8-14-25)48-36(42)33(31)49-35(41)27-17-11-6-12-18-27/h4-18,22,28-34,36-37,40,42H,19-21H2,1-3H3/t22-,28+,29+,30+,31-,32+,33+,34-,36-,37-/m0/s1. The minimum Gasteiger partial charge on any atom is -0.456 e. The van der Waals surface area contributed by atoms with Gasteiger partial charge in [-0.05, 0) is 30.2 Å². The van der Waals surface area contributed by atoms with Gasteiger partial charge < -0.3 is 48.1 Å². The van der Waals surface area contributed by atoms with Crippen LogP contribution in [0.3, 0.4) is 0 Å². The summed E-state index contributed by atoms with van der Waals surface area (Å²) in [7, 11) is 0. The predicted octanol–water partition coefficient (Wildman–Crippen LogP) is 3.09. The summed E-state index contributed by atoms with van der Waals surface area (Å²) in [4.78, 5) is 37.7. The summed E-state index contributed by atoms with van der Waals surface area (Å²) in [5, 5.41) is 22.9. The normalized spacial score (nSPS) is 29.5. The third kappa shape index (κ3) is 9.73. The third-order valence-corrected chi connectivity index (χ3v) is 8.19. The number of esters is 3. The average Bonchev–Trinajstić information content (AvgIpc) is 3.10. The van der Waals surface area contributed by atoms with Gasteiger partial charge in [0, 0.05) is 13.8 Å². The summed E-state index contributed by atoms with van der Waals surface area (Å²) in [6.07, 6.45) is -13.3. The highest BCUT2D eigenvalue weighted by molar-refractivity contribution is 5.89. The van der Waals surface area contributed by atoms with Crippen LogP contribution in [0.1, 0.15) is 42.3 Å². The number of hydrogen-bond donors (Lipinski definition) is 2. The molecule has 2 fully saturated rings. The van der Waals surface area contributed by atoms with Crippen LogP contribution in [0.4, 0.5) is 0 Å². The van der Waals surface area contributed by atoms with E-state index in [0.29, 0.717) is 0 Å². The first kappa shape index (κ1) is 37.1. The van der Waals surface area contributed by atoms with Gasteiger partial charge in [-0.1, -0.05) is 78.9 Å². The Balaban J connectivity index is 1.44. The van der Waals surface area contributed by atoms with Crippen molar-refractivity contribution in [1.82, 2.24) is 0 Å². The van der Waals surface area contributed by atoms with E-state index in [4.69, 9.17) is 37.9 Å². The summed E-state index contributed by atoms with van der Waals surface area (Å²) in [5.41, 5.74) is 1.83. The van der Waals surface area contributed by atoms with Gasteiger partial charge in [0.2, 0.25) is 0 Å². The van der Waals surface area contributed by atoms with E-state index in [-0.39, 0.29) is 25.4 Å². The maximum absolute atomic E-state index is 13.2. The van der Waals surface area contributed by atoms with Crippen molar-refractivity contribution in [3.05, 3.63) is 108 Å². The van der Waals surface area contributed by atoms with Gasteiger partial charge in [0.1, 0.15) is 24.4 Å². The highest BCUT2D eigenvalue weighted by Crippen LogP contribution is 2.34. The number of carbonyl (C=O) groups excluding carboxylic acids is 3. The molecule has 2 saturated heterocycles. The lowest BCUT2D eigenvalue weighted by atomic mass is 9.96. The first-order valence-electron chi connectivity index (χ1n) is 16.3. The summed E-state index contributed by atoms with van der Waals surface area (Å²) >= 11 is 0.